The predicted molar refractivity (Wildman–Crippen MR) is 206 cm³/mol. The molecule has 0 spiro atoms. The topological polar surface area (TPSA) is 12.6 Å². The molecule has 2 aliphatic rings. The number of hydrogen-bond acceptors (Lipinski definition) is 1. The summed E-state index contributed by atoms with van der Waals surface area (Å²) in [6.45, 7) is 7.02. The molecular formula is C46H35N3. The molecule has 0 saturated heterocycles. The van der Waals surface area contributed by atoms with Gasteiger partial charge in [0.05, 0.1) is 33.5 Å². The predicted octanol–water partition coefficient (Wildman–Crippen LogP) is 9.96. The van der Waals surface area contributed by atoms with Crippen molar-refractivity contribution in [3.05, 3.63) is 155 Å². The number of hydrogen-bond donors (Lipinski definition) is 0. The Morgan fingerprint density at radius 2 is 1.20 bits per heavy atom. The molecule has 234 valence electrons. The molecule has 6 aromatic carbocycles. The lowest BCUT2D eigenvalue weighted by atomic mass is 9.84. The van der Waals surface area contributed by atoms with E-state index in [-0.39, 0.29) is 17.4 Å². The molecule has 1 aliphatic heterocycles. The van der Waals surface area contributed by atoms with Crippen LogP contribution in [0.4, 0.5) is 11.4 Å². The summed E-state index contributed by atoms with van der Waals surface area (Å²) in [5.41, 5.74) is 11.6. The summed E-state index contributed by atoms with van der Waals surface area (Å²) in [7, 11) is 0. The summed E-state index contributed by atoms with van der Waals surface area (Å²) in [5.74, 6) is 0.270. The summed E-state index contributed by atoms with van der Waals surface area (Å²) in [6.07, 6.45) is 5.15. The summed E-state index contributed by atoms with van der Waals surface area (Å²) < 4.78 is 5.03. The van der Waals surface area contributed by atoms with E-state index in [0.717, 1.165) is 0 Å². The van der Waals surface area contributed by atoms with Crippen molar-refractivity contribution in [3.8, 4) is 5.69 Å². The van der Waals surface area contributed by atoms with Gasteiger partial charge < -0.3 is 13.9 Å². The lowest BCUT2D eigenvalue weighted by Crippen LogP contribution is -2.39. The number of para-hydroxylation sites is 4. The van der Waals surface area contributed by atoms with E-state index in [1.807, 2.05) is 0 Å². The van der Waals surface area contributed by atoms with Gasteiger partial charge in [0.1, 0.15) is 0 Å². The van der Waals surface area contributed by atoms with Crippen LogP contribution in [0.5, 0.6) is 0 Å². The van der Waals surface area contributed by atoms with Gasteiger partial charge in [-0.3, -0.25) is 0 Å². The van der Waals surface area contributed by atoms with Crippen molar-refractivity contribution in [2.24, 2.45) is 0 Å². The van der Waals surface area contributed by atoms with Gasteiger partial charge in [0, 0.05) is 55.1 Å². The fourth-order valence-electron chi connectivity index (χ4n) is 9.05. The minimum absolute atomic E-state index is 0.0147. The van der Waals surface area contributed by atoms with E-state index in [9.17, 15) is 0 Å². The van der Waals surface area contributed by atoms with Crippen LogP contribution < -0.4 is 15.5 Å². The molecule has 2 atom stereocenters. The molecular weight excluding hydrogens is 595 g/mol. The van der Waals surface area contributed by atoms with Crippen LogP contribution in [0.2, 0.25) is 0 Å². The molecule has 0 amide bonds. The maximum Gasteiger partial charge on any atom is 0.0650 e. The van der Waals surface area contributed by atoms with E-state index in [4.69, 9.17) is 0 Å². The Balaban J connectivity index is 1.31. The highest BCUT2D eigenvalue weighted by atomic mass is 15.2. The molecule has 0 bridgehead atoms. The highest BCUT2D eigenvalue weighted by Crippen LogP contribution is 2.48. The third-order valence-electron chi connectivity index (χ3n) is 11.3. The molecule has 3 nitrogen and oxygen atoms in total. The molecule has 49 heavy (non-hydrogen) atoms. The van der Waals surface area contributed by atoms with Gasteiger partial charge in [-0.1, -0.05) is 99.6 Å². The largest absolute Gasteiger partial charge is 0.333 e. The van der Waals surface area contributed by atoms with Crippen molar-refractivity contribution in [3.63, 3.8) is 0 Å². The fourth-order valence-corrected chi connectivity index (χ4v) is 9.05. The first-order valence-electron chi connectivity index (χ1n) is 17.4. The average Bonchev–Trinajstić information content (AvgIpc) is 3.83. The smallest absolute Gasteiger partial charge is 0.0650 e. The van der Waals surface area contributed by atoms with Crippen LogP contribution in [0, 0.1) is 0 Å². The van der Waals surface area contributed by atoms with Crippen molar-refractivity contribution in [1.29, 1.82) is 0 Å². The van der Waals surface area contributed by atoms with E-state index in [1.165, 1.54) is 87.8 Å². The minimum atomic E-state index is 0.0147. The van der Waals surface area contributed by atoms with Gasteiger partial charge in [0.2, 0.25) is 0 Å². The van der Waals surface area contributed by atoms with Crippen LogP contribution in [-0.4, -0.2) is 15.0 Å². The Kier molecular flexibility index (Phi) is 5.23. The lowest BCUT2D eigenvalue weighted by molar-refractivity contribution is 0.592. The monoisotopic (exact) mass is 629 g/mol. The van der Waals surface area contributed by atoms with E-state index >= 15 is 0 Å². The summed E-state index contributed by atoms with van der Waals surface area (Å²) in [6, 6.07) is 49.7. The number of nitrogens with zero attached hydrogens (tertiary/aromatic N) is 3. The maximum atomic E-state index is 2.59. The maximum absolute atomic E-state index is 2.59. The number of benzene rings is 6. The van der Waals surface area contributed by atoms with E-state index < -0.39 is 0 Å². The Hall–Kier alpha value is -5.80. The zero-order chi connectivity index (χ0) is 32.6. The lowest BCUT2D eigenvalue weighted by Gasteiger charge is -2.28. The number of anilines is 2. The summed E-state index contributed by atoms with van der Waals surface area (Å²) in [5, 5.41) is 9.28. The normalized spacial score (nSPS) is 17.2. The Bertz CT molecular complexity index is 2920. The van der Waals surface area contributed by atoms with Crippen LogP contribution in [-0.2, 0) is 5.41 Å². The second-order valence-corrected chi connectivity index (χ2v) is 15.0. The van der Waals surface area contributed by atoms with Crippen molar-refractivity contribution < 1.29 is 0 Å². The Labute approximate surface area is 284 Å². The van der Waals surface area contributed by atoms with Crippen molar-refractivity contribution >= 4 is 72.5 Å². The molecule has 3 heteroatoms. The standard InChI is InChI=1S/C46H35N3/c1-46(2,3)28-22-37-35-24-33-31-18-10-12-20-39(31)47(29-14-6-4-7-15-29)41(33)26-43(35)49-44-27-42-34(25-36(44)38(23-28)45(37)49)32-19-11-13-21-40(32)48(42)30-16-8-5-9-17-30/h4-27,33,41H,1-3H3. The third kappa shape index (κ3) is 3.57. The minimum Gasteiger partial charge on any atom is -0.333 e. The highest BCUT2D eigenvalue weighted by Gasteiger charge is 2.39. The second kappa shape index (κ2) is 9.42. The highest BCUT2D eigenvalue weighted by molar-refractivity contribution is 6.21. The van der Waals surface area contributed by atoms with Crippen molar-refractivity contribution in [1.82, 2.24) is 8.97 Å². The molecule has 9 aromatic rings. The molecule has 0 saturated carbocycles. The fraction of sp³-hybridized carbons (Fsp3) is 0.130. The first kappa shape index (κ1) is 27.2. The number of fused-ring (bicyclic) bond motifs is 12. The van der Waals surface area contributed by atoms with Gasteiger partial charge in [-0.2, -0.15) is 0 Å². The Morgan fingerprint density at radius 1 is 0.531 bits per heavy atom. The molecule has 3 aromatic heterocycles. The number of aromatic nitrogens is 2. The molecule has 2 unspecified atom stereocenters. The van der Waals surface area contributed by atoms with Crippen LogP contribution in [0.25, 0.3) is 66.8 Å². The van der Waals surface area contributed by atoms with Crippen molar-refractivity contribution in [2.75, 3.05) is 4.90 Å². The summed E-state index contributed by atoms with van der Waals surface area (Å²) in [4.78, 5) is 2.55. The molecule has 4 heterocycles. The second-order valence-electron chi connectivity index (χ2n) is 15.0. The van der Waals surface area contributed by atoms with Gasteiger partial charge in [-0.15, -0.1) is 0 Å². The SMILES string of the molecule is CC(C)(C)c1cc2c3c(n4c5cc6c(cc5c(c1)c24)c1ccccc1n6-c1ccccc1)=CC1C(C=3)c2ccccc2N1c1ccccc1. The van der Waals surface area contributed by atoms with Gasteiger partial charge >= 0.3 is 0 Å². The zero-order valence-electron chi connectivity index (χ0n) is 27.9. The van der Waals surface area contributed by atoms with Gasteiger partial charge in [-0.05, 0) is 83.3 Å². The molecule has 0 radical (unpaired) electrons. The summed E-state index contributed by atoms with van der Waals surface area (Å²) >= 11 is 0. The van der Waals surface area contributed by atoms with Crippen LogP contribution in [0.1, 0.15) is 37.8 Å². The molecule has 1 aliphatic carbocycles. The first-order chi connectivity index (χ1) is 24.0. The van der Waals surface area contributed by atoms with Crippen LogP contribution in [0.3, 0.4) is 0 Å². The van der Waals surface area contributed by atoms with E-state index in [2.05, 4.69) is 180 Å². The van der Waals surface area contributed by atoms with Gasteiger partial charge in [-0.25, -0.2) is 0 Å². The van der Waals surface area contributed by atoms with Gasteiger partial charge in [0.15, 0.2) is 0 Å². The van der Waals surface area contributed by atoms with Crippen LogP contribution in [0.15, 0.2) is 133 Å². The average molecular weight is 630 g/mol. The Morgan fingerprint density at radius 3 is 2.00 bits per heavy atom. The first-order valence-corrected chi connectivity index (χ1v) is 17.4. The number of rotatable bonds is 2. The van der Waals surface area contributed by atoms with E-state index in [0.29, 0.717) is 0 Å². The molecule has 11 rings (SSSR count). The third-order valence-corrected chi connectivity index (χ3v) is 11.3. The van der Waals surface area contributed by atoms with Gasteiger partial charge in [0.25, 0.3) is 0 Å². The molecule has 0 fully saturated rings. The van der Waals surface area contributed by atoms with Crippen molar-refractivity contribution in [2.45, 2.75) is 38.1 Å². The van der Waals surface area contributed by atoms with Crippen LogP contribution >= 0.6 is 0 Å². The zero-order valence-corrected chi connectivity index (χ0v) is 27.9. The molecule has 0 N–H and O–H groups in total. The van der Waals surface area contributed by atoms with E-state index in [1.54, 1.807) is 0 Å². The quantitative estimate of drug-likeness (QED) is 0.185.